The van der Waals surface area contributed by atoms with Gasteiger partial charge in [-0.2, -0.15) is 0 Å². The van der Waals surface area contributed by atoms with E-state index in [1.165, 1.54) is 4.90 Å². The Morgan fingerprint density at radius 3 is 1.89 bits per heavy atom. The molecule has 0 saturated carbocycles. The van der Waals surface area contributed by atoms with Crippen molar-refractivity contribution in [3.05, 3.63) is 47.2 Å². The average molecular weight is 245 g/mol. The van der Waals surface area contributed by atoms with Gasteiger partial charge in [0, 0.05) is 16.8 Å². The molecule has 0 aliphatic carbocycles. The van der Waals surface area contributed by atoms with Crippen molar-refractivity contribution in [2.24, 2.45) is 0 Å². The monoisotopic (exact) mass is 245 g/mol. The van der Waals surface area contributed by atoms with Crippen LogP contribution in [0.15, 0.2) is 47.2 Å². The molecule has 0 aromatic heterocycles. The largest absolute Gasteiger partial charge is 0.268 e. The molecule has 1 fully saturated rings. The van der Waals surface area contributed by atoms with E-state index >= 15 is 0 Å². The number of imide groups is 1. The summed E-state index contributed by atoms with van der Waals surface area (Å²) in [5, 5.41) is 0. The highest BCUT2D eigenvalue weighted by Gasteiger charge is 2.38. The number of carbonyl (C=O) groups is 2. The Morgan fingerprint density at radius 1 is 1.06 bits per heavy atom. The van der Waals surface area contributed by atoms with Gasteiger partial charge in [0.15, 0.2) is 0 Å². The Kier molecular flexibility index (Phi) is 4.84. The first kappa shape index (κ1) is 14.2. The Bertz CT molecular complexity index is 449. The van der Waals surface area contributed by atoms with E-state index in [2.05, 4.69) is 0 Å². The molecule has 1 aliphatic heterocycles. The number of allylic oxidation sites excluding steroid dienone is 5. The van der Waals surface area contributed by atoms with Gasteiger partial charge in [-0.15, -0.1) is 0 Å². The molecule has 2 amide bonds. The number of hydrogen-bond donors (Lipinski definition) is 0. The lowest BCUT2D eigenvalue weighted by Crippen LogP contribution is -2.28. The minimum atomic E-state index is -0.246. The van der Waals surface area contributed by atoms with Crippen molar-refractivity contribution < 1.29 is 9.59 Å². The molecular weight excluding hydrogens is 226 g/mol. The molecule has 1 saturated heterocycles. The molecule has 1 heterocycles. The second-order valence-corrected chi connectivity index (χ2v) is 3.87. The Morgan fingerprint density at radius 2 is 1.56 bits per heavy atom. The second-order valence-electron chi connectivity index (χ2n) is 3.87. The fourth-order valence-electron chi connectivity index (χ4n) is 1.89. The summed E-state index contributed by atoms with van der Waals surface area (Å²) < 4.78 is 0. The van der Waals surface area contributed by atoms with Crippen LogP contribution >= 0.6 is 0 Å². The summed E-state index contributed by atoms with van der Waals surface area (Å²) in [5.41, 5.74) is 1.58. The lowest BCUT2D eigenvalue weighted by atomic mass is 10.1. The van der Waals surface area contributed by atoms with Gasteiger partial charge in [0.25, 0.3) is 11.8 Å². The van der Waals surface area contributed by atoms with Crippen LogP contribution in [0.5, 0.6) is 0 Å². The number of nitrogens with zero attached hydrogens (tertiary/aromatic N) is 1. The van der Waals surface area contributed by atoms with Gasteiger partial charge in [-0.25, -0.2) is 4.90 Å². The van der Waals surface area contributed by atoms with Gasteiger partial charge in [0.05, 0.1) is 0 Å². The quantitative estimate of drug-likeness (QED) is 0.435. The molecule has 18 heavy (non-hydrogen) atoms. The lowest BCUT2D eigenvalue weighted by molar-refractivity contribution is -0.133. The fourth-order valence-corrected chi connectivity index (χ4v) is 1.89. The first-order chi connectivity index (χ1) is 8.62. The van der Waals surface area contributed by atoms with Crippen molar-refractivity contribution in [1.29, 1.82) is 0 Å². The molecule has 0 aromatic carbocycles. The third-order valence-corrected chi connectivity index (χ3v) is 2.81. The predicted molar refractivity (Wildman–Crippen MR) is 72.6 cm³/mol. The second kappa shape index (κ2) is 6.15. The lowest BCUT2D eigenvalue weighted by Gasteiger charge is -2.13. The standard InChI is InChI=1S/C15H19NO2/c1-5-9-10-11(6-2)16-14(17)12(7-3)13(8-4)15(16)18/h6-10H,5H2,1-4H3/b10-9-,11-6+,12-7+,13-8+. The minimum Gasteiger partial charge on any atom is -0.268 e. The van der Waals surface area contributed by atoms with Crippen molar-refractivity contribution in [2.45, 2.75) is 34.1 Å². The van der Waals surface area contributed by atoms with Gasteiger partial charge in [0.1, 0.15) is 0 Å². The maximum Gasteiger partial charge on any atom is 0.265 e. The van der Waals surface area contributed by atoms with Gasteiger partial charge >= 0.3 is 0 Å². The maximum atomic E-state index is 12.2. The molecule has 3 heteroatoms. The summed E-state index contributed by atoms with van der Waals surface area (Å²) >= 11 is 0. The van der Waals surface area contributed by atoms with E-state index < -0.39 is 0 Å². The molecular formula is C15H19NO2. The zero-order chi connectivity index (χ0) is 13.7. The maximum absolute atomic E-state index is 12.2. The number of hydrogen-bond acceptors (Lipinski definition) is 2. The van der Waals surface area contributed by atoms with E-state index in [4.69, 9.17) is 0 Å². The zero-order valence-electron chi connectivity index (χ0n) is 11.4. The first-order valence-electron chi connectivity index (χ1n) is 6.16. The fraction of sp³-hybridized carbons (Fsp3) is 0.333. The Hall–Kier alpha value is -1.90. The smallest absolute Gasteiger partial charge is 0.265 e. The van der Waals surface area contributed by atoms with Gasteiger partial charge in [-0.05, 0) is 33.3 Å². The summed E-state index contributed by atoms with van der Waals surface area (Å²) in [4.78, 5) is 25.6. The van der Waals surface area contributed by atoms with Crippen LogP contribution < -0.4 is 0 Å². The molecule has 0 spiro atoms. The highest BCUT2D eigenvalue weighted by molar-refractivity contribution is 6.25. The van der Waals surface area contributed by atoms with E-state index in [1.807, 2.05) is 26.0 Å². The number of amides is 2. The highest BCUT2D eigenvalue weighted by Crippen LogP contribution is 2.28. The van der Waals surface area contributed by atoms with Gasteiger partial charge < -0.3 is 0 Å². The molecule has 0 N–H and O–H groups in total. The summed E-state index contributed by atoms with van der Waals surface area (Å²) in [6.45, 7) is 7.36. The van der Waals surface area contributed by atoms with Crippen molar-refractivity contribution in [3.63, 3.8) is 0 Å². The number of rotatable bonds is 3. The van der Waals surface area contributed by atoms with E-state index in [9.17, 15) is 9.59 Å². The molecule has 0 bridgehead atoms. The molecule has 1 rings (SSSR count). The summed E-state index contributed by atoms with van der Waals surface area (Å²) in [5.74, 6) is -0.492. The molecule has 0 radical (unpaired) electrons. The van der Waals surface area contributed by atoms with Crippen molar-refractivity contribution in [2.75, 3.05) is 0 Å². The van der Waals surface area contributed by atoms with Crippen molar-refractivity contribution in [3.8, 4) is 0 Å². The molecule has 96 valence electrons. The molecule has 1 aliphatic rings. The Labute approximate surface area is 108 Å². The predicted octanol–water partition coefficient (Wildman–Crippen LogP) is 3.12. The van der Waals surface area contributed by atoms with E-state index in [1.54, 1.807) is 32.1 Å². The topological polar surface area (TPSA) is 37.4 Å². The van der Waals surface area contributed by atoms with Gasteiger partial charge in [0.2, 0.25) is 0 Å². The van der Waals surface area contributed by atoms with Crippen LogP contribution in [0.2, 0.25) is 0 Å². The van der Waals surface area contributed by atoms with Gasteiger partial charge in [-0.3, -0.25) is 9.59 Å². The van der Waals surface area contributed by atoms with E-state index in [0.717, 1.165) is 6.42 Å². The summed E-state index contributed by atoms with van der Waals surface area (Å²) in [6, 6.07) is 0. The van der Waals surface area contributed by atoms with E-state index in [-0.39, 0.29) is 11.8 Å². The van der Waals surface area contributed by atoms with Crippen molar-refractivity contribution in [1.82, 2.24) is 4.90 Å². The van der Waals surface area contributed by atoms with E-state index in [0.29, 0.717) is 16.8 Å². The summed E-state index contributed by atoms with van der Waals surface area (Å²) in [7, 11) is 0. The molecule has 0 unspecified atom stereocenters. The van der Waals surface area contributed by atoms with Crippen LogP contribution in [0.25, 0.3) is 0 Å². The third-order valence-electron chi connectivity index (χ3n) is 2.81. The van der Waals surface area contributed by atoms with Crippen LogP contribution in [-0.4, -0.2) is 16.7 Å². The Balaban J connectivity index is 3.23. The van der Waals surface area contributed by atoms with Crippen LogP contribution in [0.4, 0.5) is 0 Å². The normalized spacial score (nSPS) is 22.0. The summed E-state index contributed by atoms with van der Waals surface area (Å²) in [6.07, 6.45) is 9.74. The van der Waals surface area contributed by atoms with Gasteiger partial charge in [-0.1, -0.05) is 31.2 Å². The van der Waals surface area contributed by atoms with Crippen LogP contribution in [0, 0.1) is 0 Å². The van der Waals surface area contributed by atoms with Crippen molar-refractivity contribution >= 4 is 11.8 Å². The van der Waals surface area contributed by atoms with Crippen LogP contribution in [0.1, 0.15) is 34.1 Å². The zero-order valence-corrected chi connectivity index (χ0v) is 11.4. The number of likely N-dealkylation sites (tertiary alicyclic amines) is 1. The SMILES string of the molecule is C/C=C1/C(=O)N(C(/C=C\CC)=C/C)C(=O)/C1=C/C. The molecule has 0 aromatic rings. The highest BCUT2D eigenvalue weighted by atomic mass is 16.2. The first-order valence-corrected chi connectivity index (χ1v) is 6.16. The molecule has 0 atom stereocenters. The minimum absolute atomic E-state index is 0.246. The average Bonchev–Trinajstić information content (AvgIpc) is 2.62. The molecule has 3 nitrogen and oxygen atoms in total. The van der Waals surface area contributed by atoms with Crippen LogP contribution in [-0.2, 0) is 9.59 Å². The number of carbonyl (C=O) groups excluding carboxylic acids is 2. The third kappa shape index (κ3) is 2.35. The van der Waals surface area contributed by atoms with Crippen LogP contribution in [0.3, 0.4) is 0 Å².